The molecule has 1 heterocycles. The lowest BCUT2D eigenvalue weighted by Crippen LogP contribution is -2.47. The first-order valence-electron chi connectivity index (χ1n) is 10.2. The SMILES string of the molecule is CCOC(=O)c1ccccc1NC(=O)CCN1CCN(c2cccc(C)c2)CC1. The minimum absolute atomic E-state index is 0.0946. The second-order valence-corrected chi connectivity index (χ2v) is 7.23. The van der Waals surface area contributed by atoms with Crippen LogP contribution in [0.2, 0.25) is 0 Å². The second kappa shape index (κ2) is 10.1. The van der Waals surface area contributed by atoms with Crippen LogP contribution in [-0.2, 0) is 9.53 Å². The molecule has 3 rings (SSSR count). The molecule has 0 spiro atoms. The van der Waals surface area contributed by atoms with Gasteiger partial charge in [-0.25, -0.2) is 4.79 Å². The number of carbonyl (C=O) groups is 2. The summed E-state index contributed by atoms with van der Waals surface area (Å²) in [5.74, 6) is -0.515. The Labute approximate surface area is 172 Å². The minimum Gasteiger partial charge on any atom is -0.462 e. The molecule has 0 aromatic heterocycles. The summed E-state index contributed by atoms with van der Waals surface area (Å²) >= 11 is 0. The molecule has 1 saturated heterocycles. The number of nitrogens with zero attached hydrogens (tertiary/aromatic N) is 2. The van der Waals surface area contributed by atoms with Crippen molar-refractivity contribution in [3.8, 4) is 0 Å². The number of esters is 1. The van der Waals surface area contributed by atoms with Gasteiger partial charge in [0.25, 0.3) is 0 Å². The molecule has 0 radical (unpaired) electrons. The highest BCUT2D eigenvalue weighted by atomic mass is 16.5. The van der Waals surface area contributed by atoms with Crippen molar-refractivity contribution in [3.63, 3.8) is 0 Å². The topological polar surface area (TPSA) is 61.9 Å². The predicted octanol–water partition coefficient (Wildman–Crippen LogP) is 3.32. The Morgan fingerprint density at radius 3 is 2.52 bits per heavy atom. The highest BCUT2D eigenvalue weighted by Gasteiger charge is 2.19. The van der Waals surface area contributed by atoms with Crippen molar-refractivity contribution in [2.45, 2.75) is 20.3 Å². The zero-order chi connectivity index (χ0) is 20.6. The zero-order valence-corrected chi connectivity index (χ0v) is 17.2. The van der Waals surface area contributed by atoms with Gasteiger partial charge in [-0.1, -0.05) is 24.3 Å². The van der Waals surface area contributed by atoms with Crippen LogP contribution in [0, 0.1) is 6.92 Å². The van der Waals surface area contributed by atoms with E-state index in [1.807, 2.05) is 0 Å². The summed E-state index contributed by atoms with van der Waals surface area (Å²) in [7, 11) is 0. The normalized spacial score (nSPS) is 14.5. The summed E-state index contributed by atoms with van der Waals surface area (Å²) in [6.45, 7) is 8.65. The number of rotatable bonds is 7. The maximum absolute atomic E-state index is 12.4. The van der Waals surface area contributed by atoms with Gasteiger partial charge in [0, 0.05) is 44.8 Å². The van der Waals surface area contributed by atoms with Crippen LogP contribution in [0.5, 0.6) is 0 Å². The molecule has 1 amide bonds. The Balaban J connectivity index is 1.47. The van der Waals surface area contributed by atoms with E-state index in [1.54, 1.807) is 31.2 Å². The van der Waals surface area contributed by atoms with Crippen molar-refractivity contribution in [1.82, 2.24) is 4.90 Å². The predicted molar refractivity (Wildman–Crippen MR) is 115 cm³/mol. The third-order valence-corrected chi connectivity index (χ3v) is 5.09. The fourth-order valence-corrected chi connectivity index (χ4v) is 3.51. The number of ether oxygens (including phenoxy) is 1. The summed E-state index contributed by atoms with van der Waals surface area (Å²) in [5, 5.41) is 2.85. The maximum Gasteiger partial charge on any atom is 0.340 e. The van der Waals surface area contributed by atoms with E-state index in [-0.39, 0.29) is 5.91 Å². The van der Waals surface area contributed by atoms with Crippen LogP contribution in [-0.4, -0.2) is 56.1 Å². The molecule has 0 aliphatic carbocycles. The summed E-state index contributed by atoms with van der Waals surface area (Å²) in [6.07, 6.45) is 0.390. The fraction of sp³-hybridized carbons (Fsp3) is 0.391. The Morgan fingerprint density at radius 1 is 1.03 bits per heavy atom. The third-order valence-electron chi connectivity index (χ3n) is 5.09. The van der Waals surface area contributed by atoms with Gasteiger partial charge in [-0.15, -0.1) is 0 Å². The number of aryl methyl sites for hydroxylation is 1. The van der Waals surface area contributed by atoms with Gasteiger partial charge in [-0.3, -0.25) is 9.69 Å². The van der Waals surface area contributed by atoms with Gasteiger partial charge in [-0.05, 0) is 43.7 Å². The molecular weight excluding hydrogens is 366 g/mol. The van der Waals surface area contributed by atoms with Gasteiger partial charge in [0.1, 0.15) is 0 Å². The van der Waals surface area contributed by atoms with Crippen molar-refractivity contribution < 1.29 is 14.3 Å². The van der Waals surface area contributed by atoms with E-state index < -0.39 is 5.97 Å². The van der Waals surface area contributed by atoms with Crippen LogP contribution in [0.1, 0.15) is 29.3 Å². The van der Waals surface area contributed by atoms with E-state index in [0.717, 1.165) is 26.2 Å². The van der Waals surface area contributed by atoms with Crippen LogP contribution in [0.3, 0.4) is 0 Å². The minimum atomic E-state index is -0.421. The van der Waals surface area contributed by atoms with E-state index in [4.69, 9.17) is 4.74 Å². The molecule has 2 aromatic carbocycles. The quantitative estimate of drug-likeness (QED) is 0.729. The average Bonchev–Trinajstić information content (AvgIpc) is 2.73. The number of hydrogen-bond acceptors (Lipinski definition) is 5. The number of benzene rings is 2. The lowest BCUT2D eigenvalue weighted by Gasteiger charge is -2.36. The van der Waals surface area contributed by atoms with Crippen molar-refractivity contribution in [2.24, 2.45) is 0 Å². The number of anilines is 2. The first kappa shape index (κ1) is 20.9. The van der Waals surface area contributed by atoms with Crippen molar-refractivity contribution in [3.05, 3.63) is 59.7 Å². The molecular formula is C23H29N3O3. The third kappa shape index (κ3) is 5.81. The zero-order valence-electron chi connectivity index (χ0n) is 17.2. The fourth-order valence-electron chi connectivity index (χ4n) is 3.51. The molecule has 2 aromatic rings. The van der Waals surface area contributed by atoms with E-state index in [0.29, 0.717) is 30.8 Å². The van der Waals surface area contributed by atoms with Crippen LogP contribution in [0.4, 0.5) is 11.4 Å². The first-order valence-corrected chi connectivity index (χ1v) is 10.2. The molecule has 1 fully saturated rings. The standard InChI is InChI=1S/C23H29N3O3/c1-3-29-23(28)20-9-4-5-10-21(20)24-22(27)11-12-25-13-15-26(16-14-25)19-8-6-7-18(2)17-19/h4-10,17H,3,11-16H2,1-2H3,(H,24,27). The molecule has 1 aliphatic rings. The smallest absolute Gasteiger partial charge is 0.340 e. The lowest BCUT2D eigenvalue weighted by molar-refractivity contribution is -0.116. The first-order chi connectivity index (χ1) is 14.1. The van der Waals surface area contributed by atoms with Crippen molar-refractivity contribution >= 4 is 23.3 Å². The average molecular weight is 396 g/mol. The molecule has 0 bridgehead atoms. The summed E-state index contributed by atoms with van der Waals surface area (Å²) in [4.78, 5) is 29.1. The number of nitrogens with one attached hydrogen (secondary N) is 1. The van der Waals surface area contributed by atoms with Crippen LogP contribution in [0.25, 0.3) is 0 Å². The number of piperazine rings is 1. The Morgan fingerprint density at radius 2 is 1.79 bits per heavy atom. The summed E-state index contributed by atoms with van der Waals surface area (Å²) in [5.41, 5.74) is 3.41. The number of hydrogen-bond donors (Lipinski definition) is 1. The Kier molecular flexibility index (Phi) is 7.25. The second-order valence-electron chi connectivity index (χ2n) is 7.23. The van der Waals surface area contributed by atoms with E-state index >= 15 is 0 Å². The summed E-state index contributed by atoms with van der Waals surface area (Å²) in [6, 6.07) is 15.5. The van der Waals surface area contributed by atoms with E-state index in [9.17, 15) is 9.59 Å². The molecule has 154 valence electrons. The van der Waals surface area contributed by atoms with Gasteiger partial charge in [0.15, 0.2) is 0 Å². The number of amides is 1. The number of para-hydroxylation sites is 1. The monoisotopic (exact) mass is 395 g/mol. The van der Waals surface area contributed by atoms with Crippen molar-refractivity contribution in [2.75, 3.05) is 49.5 Å². The largest absolute Gasteiger partial charge is 0.462 e. The number of carbonyl (C=O) groups excluding carboxylic acids is 2. The molecule has 6 nitrogen and oxygen atoms in total. The van der Waals surface area contributed by atoms with Gasteiger partial charge < -0.3 is 15.0 Å². The molecule has 29 heavy (non-hydrogen) atoms. The van der Waals surface area contributed by atoms with E-state index in [1.165, 1.54) is 11.3 Å². The van der Waals surface area contributed by atoms with Crippen LogP contribution >= 0.6 is 0 Å². The lowest BCUT2D eigenvalue weighted by atomic mass is 10.1. The van der Waals surface area contributed by atoms with E-state index in [2.05, 4.69) is 46.3 Å². The Bertz CT molecular complexity index is 845. The molecule has 1 aliphatic heterocycles. The van der Waals surface area contributed by atoms with Crippen LogP contribution < -0.4 is 10.2 Å². The molecule has 0 atom stereocenters. The summed E-state index contributed by atoms with van der Waals surface area (Å²) < 4.78 is 5.06. The van der Waals surface area contributed by atoms with Gasteiger partial charge in [-0.2, -0.15) is 0 Å². The Hall–Kier alpha value is -2.86. The van der Waals surface area contributed by atoms with Gasteiger partial charge >= 0.3 is 5.97 Å². The van der Waals surface area contributed by atoms with Gasteiger partial charge in [0.2, 0.25) is 5.91 Å². The molecule has 6 heteroatoms. The molecule has 0 unspecified atom stereocenters. The molecule has 0 saturated carbocycles. The molecule has 1 N–H and O–H groups in total. The van der Waals surface area contributed by atoms with Crippen molar-refractivity contribution in [1.29, 1.82) is 0 Å². The highest BCUT2D eigenvalue weighted by molar-refractivity contribution is 6.01. The highest BCUT2D eigenvalue weighted by Crippen LogP contribution is 2.19. The van der Waals surface area contributed by atoms with Crippen LogP contribution in [0.15, 0.2) is 48.5 Å². The van der Waals surface area contributed by atoms with Gasteiger partial charge in [0.05, 0.1) is 17.9 Å². The maximum atomic E-state index is 12.4.